The van der Waals surface area contributed by atoms with Gasteiger partial charge in [0.15, 0.2) is 9.84 Å². The minimum atomic E-state index is -3.74. The van der Waals surface area contributed by atoms with Crippen molar-refractivity contribution in [2.24, 2.45) is 0 Å². The molecule has 6 heteroatoms. The van der Waals surface area contributed by atoms with E-state index in [1.165, 1.54) is 11.1 Å². The van der Waals surface area contributed by atoms with Crippen molar-refractivity contribution in [1.29, 1.82) is 0 Å². The highest BCUT2D eigenvalue weighted by molar-refractivity contribution is 7.93. The fraction of sp³-hybridized carbons (Fsp3) is 0.226. The van der Waals surface area contributed by atoms with Crippen molar-refractivity contribution in [3.8, 4) is 0 Å². The molecule has 2 fully saturated rings. The van der Waals surface area contributed by atoms with Crippen molar-refractivity contribution < 1.29 is 13.3 Å². The molecular formula is C31H30N2O3S. The molecule has 37 heavy (non-hydrogen) atoms. The lowest BCUT2D eigenvalue weighted by Gasteiger charge is -2.34. The summed E-state index contributed by atoms with van der Waals surface area (Å²) in [5.74, 6) is 0. The van der Waals surface area contributed by atoms with E-state index in [9.17, 15) is 8.42 Å². The lowest BCUT2D eigenvalue weighted by Crippen LogP contribution is -2.53. The largest absolute Gasteiger partial charge is 0.292 e. The summed E-state index contributed by atoms with van der Waals surface area (Å²) in [6.45, 7) is 1.18. The Balaban J connectivity index is 1.50. The van der Waals surface area contributed by atoms with Crippen LogP contribution in [0, 0.1) is 0 Å². The van der Waals surface area contributed by atoms with Gasteiger partial charge in [0.25, 0.3) is 0 Å². The molecule has 2 heterocycles. The number of anilines is 1. The molecule has 2 aliphatic heterocycles. The number of fused-ring (bicyclic) bond motifs is 1. The van der Waals surface area contributed by atoms with Crippen LogP contribution in [0.4, 0.5) is 5.69 Å². The predicted molar refractivity (Wildman–Crippen MR) is 146 cm³/mol. The van der Waals surface area contributed by atoms with Gasteiger partial charge in [-0.2, -0.15) is 0 Å². The zero-order chi connectivity index (χ0) is 25.3. The van der Waals surface area contributed by atoms with Gasteiger partial charge in [-0.1, -0.05) is 97.1 Å². The van der Waals surface area contributed by atoms with Gasteiger partial charge in [-0.3, -0.25) is 9.74 Å². The Kier molecular flexibility index (Phi) is 6.32. The zero-order valence-electron chi connectivity index (χ0n) is 20.6. The molecule has 5 nitrogen and oxygen atoms in total. The van der Waals surface area contributed by atoms with Crippen molar-refractivity contribution in [3.05, 3.63) is 132 Å². The number of hydroxylamine groups is 1. The molecule has 4 aromatic carbocycles. The van der Waals surface area contributed by atoms with E-state index >= 15 is 0 Å². The van der Waals surface area contributed by atoms with E-state index in [0.29, 0.717) is 18.0 Å². The van der Waals surface area contributed by atoms with Gasteiger partial charge < -0.3 is 0 Å². The molecule has 6 rings (SSSR count). The lowest BCUT2D eigenvalue weighted by atomic mass is 9.94. The van der Waals surface area contributed by atoms with Crippen LogP contribution in [0.3, 0.4) is 0 Å². The second-order valence-electron chi connectivity index (χ2n) is 9.91. The first-order valence-electron chi connectivity index (χ1n) is 12.7. The summed E-state index contributed by atoms with van der Waals surface area (Å²) in [6, 6.07) is 38.9. The molecule has 0 aromatic heterocycles. The third-order valence-electron chi connectivity index (χ3n) is 7.66. The second-order valence-corrected chi connectivity index (χ2v) is 12.2. The minimum Gasteiger partial charge on any atom is -0.292 e. The second kappa shape index (κ2) is 9.78. The number of para-hydroxylation sites is 1. The molecule has 2 saturated heterocycles. The van der Waals surface area contributed by atoms with Gasteiger partial charge in [0.2, 0.25) is 0 Å². The molecule has 188 valence electrons. The van der Waals surface area contributed by atoms with Crippen molar-refractivity contribution in [3.63, 3.8) is 0 Å². The van der Waals surface area contributed by atoms with Gasteiger partial charge in [0.05, 0.1) is 23.2 Å². The Morgan fingerprint density at radius 1 is 0.730 bits per heavy atom. The van der Waals surface area contributed by atoms with Gasteiger partial charge in [-0.15, -0.1) is 0 Å². The molecular weight excluding hydrogens is 480 g/mol. The standard InChI is InChI=1S/C31H30N2O3S/c34-37(35,28-19-11-4-12-20-28)31-23-32(22-26-15-7-2-8-16-26)29(21-25-13-5-1-6-14-25)30(31)33(36-24-31)27-17-9-3-10-18-27/h1-20,29-30H,21-24H2/t29-,30-,31+/m1/s1. The van der Waals surface area contributed by atoms with Crippen LogP contribution in [0.15, 0.2) is 126 Å². The SMILES string of the molecule is O=S(=O)(c1ccccc1)[C@@]12CON(c3ccccc3)[C@@H]1[C@@H](Cc1ccccc1)N(Cc1ccccc1)C2. The Hall–Kier alpha value is -3.45. The Bertz CT molecular complexity index is 1430. The quantitative estimate of drug-likeness (QED) is 0.344. The van der Waals surface area contributed by atoms with Crippen molar-refractivity contribution in [1.82, 2.24) is 4.90 Å². The molecule has 0 aliphatic carbocycles. The van der Waals surface area contributed by atoms with E-state index in [4.69, 9.17) is 4.84 Å². The van der Waals surface area contributed by atoms with Crippen LogP contribution in [-0.2, 0) is 27.6 Å². The van der Waals surface area contributed by atoms with Gasteiger partial charge >= 0.3 is 0 Å². The van der Waals surface area contributed by atoms with Crippen molar-refractivity contribution in [2.75, 3.05) is 18.2 Å². The lowest BCUT2D eigenvalue weighted by molar-refractivity contribution is 0.114. The minimum absolute atomic E-state index is 0.0798. The van der Waals surface area contributed by atoms with E-state index in [2.05, 4.69) is 29.2 Å². The van der Waals surface area contributed by atoms with E-state index < -0.39 is 14.6 Å². The summed E-state index contributed by atoms with van der Waals surface area (Å²) in [5.41, 5.74) is 3.22. The monoisotopic (exact) mass is 510 g/mol. The molecule has 0 unspecified atom stereocenters. The number of hydrogen-bond donors (Lipinski definition) is 0. The normalized spacial score (nSPS) is 23.7. The summed E-state index contributed by atoms with van der Waals surface area (Å²) >= 11 is 0. The van der Waals surface area contributed by atoms with Crippen LogP contribution < -0.4 is 5.06 Å². The molecule has 0 radical (unpaired) electrons. The van der Waals surface area contributed by atoms with E-state index in [1.54, 1.807) is 24.3 Å². The average Bonchev–Trinajstić information content (AvgIpc) is 3.47. The highest BCUT2D eigenvalue weighted by Crippen LogP contribution is 2.48. The third-order valence-corrected chi connectivity index (χ3v) is 10.1. The third kappa shape index (κ3) is 4.25. The summed E-state index contributed by atoms with van der Waals surface area (Å²) < 4.78 is 27.8. The average molecular weight is 511 g/mol. The molecule has 0 bridgehead atoms. The summed E-state index contributed by atoms with van der Waals surface area (Å²) in [6.07, 6.45) is 0.719. The van der Waals surface area contributed by atoms with Crippen molar-refractivity contribution >= 4 is 15.5 Å². The Morgan fingerprint density at radius 3 is 1.89 bits per heavy atom. The fourth-order valence-electron chi connectivity index (χ4n) is 5.92. The van der Waals surface area contributed by atoms with E-state index in [0.717, 1.165) is 12.1 Å². The summed E-state index contributed by atoms with van der Waals surface area (Å²) in [4.78, 5) is 9.01. The first kappa shape index (κ1) is 23.9. The van der Waals surface area contributed by atoms with E-state index in [-0.39, 0.29) is 18.7 Å². The maximum atomic E-state index is 14.5. The predicted octanol–water partition coefficient (Wildman–Crippen LogP) is 5.15. The maximum absolute atomic E-state index is 14.5. The first-order chi connectivity index (χ1) is 18.1. The summed E-state index contributed by atoms with van der Waals surface area (Å²) in [7, 11) is -3.74. The van der Waals surface area contributed by atoms with Crippen LogP contribution in [0.2, 0.25) is 0 Å². The van der Waals surface area contributed by atoms with Crippen molar-refractivity contribution in [2.45, 2.75) is 34.7 Å². The number of rotatable bonds is 7. The van der Waals surface area contributed by atoms with Crippen LogP contribution in [0.25, 0.3) is 0 Å². The zero-order valence-corrected chi connectivity index (χ0v) is 21.4. The van der Waals surface area contributed by atoms with E-state index in [1.807, 2.05) is 77.9 Å². The highest BCUT2D eigenvalue weighted by Gasteiger charge is 2.66. The topological polar surface area (TPSA) is 49.9 Å². The maximum Gasteiger partial charge on any atom is 0.189 e. The van der Waals surface area contributed by atoms with Crippen LogP contribution >= 0.6 is 0 Å². The van der Waals surface area contributed by atoms with Gasteiger partial charge in [-0.25, -0.2) is 13.5 Å². The Morgan fingerprint density at radius 2 is 1.27 bits per heavy atom. The molecule has 0 amide bonds. The van der Waals surface area contributed by atoms with Gasteiger partial charge in [-0.05, 0) is 41.8 Å². The van der Waals surface area contributed by atoms with Gasteiger partial charge in [0.1, 0.15) is 4.75 Å². The summed E-state index contributed by atoms with van der Waals surface area (Å²) in [5, 5.41) is 1.87. The molecule has 3 atom stereocenters. The van der Waals surface area contributed by atoms with Gasteiger partial charge in [0, 0.05) is 19.1 Å². The highest BCUT2D eigenvalue weighted by atomic mass is 32.2. The molecule has 4 aromatic rings. The van der Waals surface area contributed by atoms with Crippen LogP contribution in [-0.4, -0.2) is 43.3 Å². The molecule has 2 aliphatic rings. The number of likely N-dealkylation sites (tertiary alicyclic amines) is 1. The smallest absolute Gasteiger partial charge is 0.189 e. The Labute approximate surface area is 218 Å². The number of benzene rings is 4. The van der Waals surface area contributed by atoms with Crippen LogP contribution in [0.1, 0.15) is 11.1 Å². The van der Waals surface area contributed by atoms with Crippen LogP contribution in [0.5, 0.6) is 0 Å². The molecule has 0 N–H and O–H groups in total. The number of sulfone groups is 1. The fourth-order valence-corrected chi connectivity index (χ4v) is 8.02. The number of hydrogen-bond acceptors (Lipinski definition) is 5. The number of nitrogens with zero attached hydrogens (tertiary/aromatic N) is 2. The first-order valence-corrected chi connectivity index (χ1v) is 14.2. The molecule has 0 saturated carbocycles. The molecule has 0 spiro atoms.